The number of rotatable bonds is 2. The topological polar surface area (TPSA) is 78.8 Å². The van der Waals surface area contributed by atoms with E-state index in [4.69, 9.17) is 0 Å². The van der Waals surface area contributed by atoms with Gasteiger partial charge in [0.25, 0.3) is 0 Å². The van der Waals surface area contributed by atoms with Crippen LogP contribution in [0.25, 0.3) is 0 Å². The van der Waals surface area contributed by atoms with Crippen LogP contribution < -0.4 is 9.73 Å². The Morgan fingerprint density at radius 2 is 1.95 bits per heavy atom. The maximum atomic E-state index is 12.1. The number of anilines is 1. The van der Waals surface area contributed by atoms with Crippen LogP contribution in [0.15, 0.2) is 29.4 Å². The van der Waals surface area contributed by atoms with Gasteiger partial charge in [-0.05, 0) is 30.5 Å². The van der Waals surface area contributed by atoms with E-state index in [0.29, 0.717) is 18.7 Å². The number of sulfonamides is 1. The average Bonchev–Trinajstić information content (AvgIpc) is 2.47. The summed E-state index contributed by atoms with van der Waals surface area (Å²) in [5.74, 6) is 0.190. The highest BCUT2D eigenvalue weighted by atomic mass is 32.2. The molecule has 0 radical (unpaired) electrons. The molecule has 0 spiro atoms. The summed E-state index contributed by atoms with van der Waals surface area (Å²) in [5, 5.41) is 4.12. The van der Waals surface area contributed by atoms with Gasteiger partial charge in [0.05, 0.1) is 17.2 Å². The average molecular weight is 321 g/mol. The van der Waals surface area contributed by atoms with E-state index < -0.39 is 10.0 Å². The molecule has 2 heterocycles. The van der Waals surface area contributed by atoms with Gasteiger partial charge in [0.1, 0.15) is 0 Å². The third-order valence-electron chi connectivity index (χ3n) is 4.06. The van der Waals surface area contributed by atoms with E-state index in [9.17, 15) is 13.2 Å². The van der Waals surface area contributed by atoms with Gasteiger partial charge in [0, 0.05) is 18.9 Å². The van der Waals surface area contributed by atoms with E-state index in [2.05, 4.69) is 10.5 Å². The number of carbonyl (C=O) groups is 1. The van der Waals surface area contributed by atoms with Gasteiger partial charge in [-0.1, -0.05) is 19.1 Å². The molecule has 2 aliphatic rings. The zero-order chi connectivity index (χ0) is 15.7. The Balaban J connectivity index is 1.86. The molecule has 7 heteroatoms. The summed E-state index contributed by atoms with van der Waals surface area (Å²) in [6.07, 6.45) is 2.03. The number of hydrazone groups is 1. The van der Waals surface area contributed by atoms with E-state index in [1.807, 2.05) is 31.2 Å². The number of hydrogen-bond acceptors (Lipinski definition) is 4. The summed E-state index contributed by atoms with van der Waals surface area (Å²) in [6, 6.07) is 7.35. The van der Waals surface area contributed by atoms with Gasteiger partial charge in [0.15, 0.2) is 0 Å². The highest BCUT2D eigenvalue weighted by molar-refractivity contribution is 7.92. The minimum Gasteiger partial charge on any atom is -0.273 e. The SMILES string of the molecule is C[C@@H]1CC(=O)NN=C1c1ccc(N2CCCCS2(=O)=O)cc1. The maximum Gasteiger partial charge on any atom is 0.240 e. The van der Waals surface area contributed by atoms with Crippen molar-refractivity contribution in [2.45, 2.75) is 26.2 Å². The molecule has 3 rings (SSSR count). The van der Waals surface area contributed by atoms with E-state index in [1.54, 1.807) is 0 Å². The van der Waals surface area contributed by atoms with Crippen molar-refractivity contribution in [1.82, 2.24) is 5.43 Å². The molecule has 1 N–H and O–H groups in total. The van der Waals surface area contributed by atoms with Gasteiger partial charge >= 0.3 is 0 Å². The lowest BCUT2D eigenvalue weighted by Gasteiger charge is -2.28. The van der Waals surface area contributed by atoms with Crippen LogP contribution in [0.1, 0.15) is 31.7 Å². The molecular weight excluding hydrogens is 302 g/mol. The number of nitrogens with one attached hydrogen (secondary N) is 1. The molecule has 1 fully saturated rings. The molecule has 118 valence electrons. The van der Waals surface area contributed by atoms with E-state index in [0.717, 1.165) is 24.1 Å². The fourth-order valence-electron chi connectivity index (χ4n) is 2.88. The summed E-state index contributed by atoms with van der Waals surface area (Å²) in [6.45, 7) is 2.50. The van der Waals surface area contributed by atoms with Gasteiger partial charge < -0.3 is 0 Å². The number of hydrogen-bond donors (Lipinski definition) is 1. The van der Waals surface area contributed by atoms with Crippen molar-refractivity contribution in [2.24, 2.45) is 11.0 Å². The Morgan fingerprint density at radius 1 is 1.23 bits per heavy atom. The van der Waals surface area contributed by atoms with Gasteiger partial charge in [-0.25, -0.2) is 13.8 Å². The molecule has 0 aliphatic carbocycles. The zero-order valence-corrected chi connectivity index (χ0v) is 13.3. The zero-order valence-electron chi connectivity index (χ0n) is 12.4. The molecule has 0 bridgehead atoms. The van der Waals surface area contributed by atoms with Crippen molar-refractivity contribution in [3.63, 3.8) is 0 Å². The summed E-state index contributed by atoms with van der Waals surface area (Å²) < 4.78 is 25.7. The van der Waals surface area contributed by atoms with Crippen LogP contribution in [0.2, 0.25) is 0 Å². The molecule has 1 saturated heterocycles. The van der Waals surface area contributed by atoms with Gasteiger partial charge in [-0.15, -0.1) is 0 Å². The van der Waals surface area contributed by atoms with Crippen LogP contribution in [0.5, 0.6) is 0 Å². The van der Waals surface area contributed by atoms with Crippen LogP contribution in [-0.2, 0) is 14.8 Å². The van der Waals surface area contributed by atoms with Crippen LogP contribution in [-0.4, -0.2) is 32.3 Å². The minimum absolute atomic E-state index is 0.0540. The highest BCUT2D eigenvalue weighted by Crippen LogP contribution is 2.25. The molecule has 1 amide bonds. The van der Waals surface area contributed by atoms with Crippen molar-refractivity contribution < 1.29 is 13.2 Å². The van der Waals surface area contributed by atoms with Gasteiger partial charge in [0.2, 0.25) is 15.9 Å². The van der Waals surface area contributed by atoms with Crippen molar-refractivity contribution in [3.8, 4) is 0 Å². The van der Waals surface area contributed by atoms with Crippen molar-refractivity contribution in [3.05, 3.63) is 29.8 Å². The largest absolute Gasteiger partial charge is 0.273 e. The smallest absolute Gasteiger partial charge is 0.240 e. The van der Waals surface area contributed by atoms with E-state index in [-0.39, 0.29) is 17.6 Å². The Hall–Kier alpha value is -1.89. The molecule has 6 nitrogen and oxygen atoms in total. The Bertz CT molecular complexity index is 710. The Kier molecular flexibility index (Phi) is 3.90. The summed E-state index contributed by atoms with van der Waals surface area (Å²) >= 11 is 0. The fourth-order valence-corrected chi connectivity index (χ4v) is 4.52. The van der Waals surface area contributed by atoms with Crippen molar-refractivity contribution in [2.75, 3.05) is 16.6 Å². The molecule has 1 atom stereocenters. The summed E-state index contributed by atoms with van der Waals surface area (Å²) in [5.41, 5.74) is 4.92. The first-order chi connectivity index (χ1) is 10.5. The molecule has 1 aromatic carbocycles. The monoisotopic (exact) mass is 321 g/mol. The van der Waals surface area contributed by atoms with Crippen molar-refractivity contribution >= 4 is 27.3 Å². The standard InChI is InChI=1S/C15H19N3O3S/c1-11-10-14(19)16-17-15(11)12-4-6-13(7-5-12)18-8-2-3-9-22(18,20)21/h4-7,11H,2-3,8-10H2,1H3,(H,16,19)/t11-/m1/s1. The first-order valence-electron chi connectivity index (χ1n) is 7.44. The molecule has 1 aromatic rings. The van der Waals surface area contributed by atoms with Gasteiger partial charge in [-0.2, -0.15) is 5.10 Å². The second kappa shape index (κ2) is 5.72. The lowest BCUT2D eigenvalue weighted by atomic mass is 9.94. The second-order valence-electron chi connectivity index (χ2n) is 5.78. The lowest BCUT2D eigenvalue weighted by molar-refractivity contribution is -0.121. The highest BCUT2D eigenvalue weighted by Gasteiger charge is 2.26. The normalized spacial score (nSPS) is 24.6. The fraction of sp³-hybridized carbons (Fsp3) is 0.467. The Morgan fingerprint density at radius 3 is 2.59 bits per heavy atom. The van der Waals surface area contributed by atoms with E-state index in [1.165, 1.54) is 4.31 Å². The second-order valence-corrected chi connectivity index (χ2v) is 7.79. The number of amides is 1. The third kappa shape index (κ3) is 2.85. The quantitative estimate of drug-likeness (QED) is 0.896. The van der Waals surface area contributed by atoms with Crippen molar-refractivity contribution in [1.29, 1.82) is 0 Å². The summed E-state index contributed by atoms with van der Waals surface area (Å²) in [7, 11) is -3.19. The molecule has 0 saturated carbocycles. The molecule has 0 aromatic heterocycles. The predicted octanol–water partition coefficient (Wildman–Crippen LogP) is 1.48. The minimum atomic E-state index is -3.19. The summed E-state index contributed by atoms with van der Waals surface area (Å²) in [4.78, 5) is 11.3. The first kappa shape index (κ1) is 15.0. The maximum absolute atomic E-state index is 12.1. The third-order valence-corrected chi connectivity index (χ3v) is 5.93. The lowest BCUT2D eigenvalue weighted by Crippen LogP contribution is -2.37. The van der Waals surface area contributed by atoms with Crippen LogP contribution in [0.4, 0.5) is 5.69 Å². The van der Waals surface area contributed by atoms with Gasteiger partial charge in [-0.3, -0.25) is 9.10 Å². The first-order valence-corrected chi connectivity index (χ1v) is 9.05. The number of carbonyl (C=O) groups excluding carboxylic acids is 1. The Labute approximate surface area is 130 Å². The predicted molar refractivity (Wildman–Crippen MR) is 85.3 cm³/mol. The van der Waals surface area contributed by atoms with Crippen LogP contribution >= 0.6 is 0 Å². The molecule has 2 aliphatic heterocycles. The number of nitrogens with zero attached hydrogens (tertiary/aromatic N) is 2. The van der Waals surface area contributed by atoms with E-state index >= 15 is 0 Å². The van der Waals surface area contributed by atoms with Crippen LogP contribution in [0, 0.1) is 5.92 Å². The molecule has 22 heavy (non-hydrogen) atoms. The molecular formula is C15H19N3O3S. The molecule has 0 unspecified atom stereocenters. The number of benzene rings is 1. The van der Waals surface area contributed by atoms with Crippen LogP contribution in [0.3, 0.4) is 0 Å².